The molecule has 0 aliphatic carbocycles. The molecule has 9 heteroatoms. The predicted octanol–water partition coefficient (Wildman–Crippen LogP) is 3.05. The molecule has 8 nitrogen and oxygen atoms in total. The summed E-state index contributed by atoms with van der Waals surface area (Å²) in [6.07, 6.45) is 0. The molecule has 0 radical (unpaired) electrons. The van der Waals surface area contributed by atoms with E-state index in [1.54, 1.807) is 32.2 Å². The van der Waals surface area contributed by atoms with Crippen LogP contribution < -0.4 is 14.8 Å². The summed E-state index contributed by atoms with van der Waals surface area (Å²) in [5, 5.41) is 3.26. The van der Waals surface area contributed by atoms with Crippen LogP contribution in [0.1, 0.15) is 12.5 Å². The number of nitrogens with zero attached hydrogens (tertiary/aromatic N) is 3. The fourth-order valence-corrected chi connectivity index (χ4v) is 4.00. The highest BCUT2D eigenvalue weighted by atomic mass is 32.2. The van der Waals surface area contributed by atoms with Crippen LogP contribution in [0.4, 0.5) is 11.4 Å². The largest absolute Gasteiger partial charge is 0.497 e. The first kappa shape index (κ1) is 20.0. The fraction of sp³-hybridized carbons (Fsp3) is 0.238. The molecule has 1 atom stereocenters. The van der Waals surface area contributed by atoms with Gasteiger partial charge in [-0.05, 0) is 31.2 Å². The highest BCUT2D eigenvalue weighted by Crippen LogP contribution is 2.34. The highest BCUT2D eigenvalue weighted by Gasteiger charge is 2.39. The van der Waals surface area contributed by atoms with Crippen molar-refractivity contribution in [2.24, 2.45) is 9.98 Å². The number of hydrogen-bond acceptors (Lipinski definition) is 7. The van der Waals surface area contributed by atoms with Gasteiger partial charge in [0.1, 0.15) is 23.4 Å². The van der Waals surface area contributed by atoms with Gasteiger partial charge in [0.15, 0.2) is 5.17 Å². The number of para-hydroxylation sites is 1. The molecule has 2 amide bonds. The summed E-state index contributed by atoms with van der Waals surface area (Å²) in [6, 6.07) is 12.2. The van der Waals surface area contributed by atoms with E-state index in [9.17, 15) is 9.59 Å². The molecule has 0 fully saturated rings. The van der Waals surface area contributed by atoms with Crippen molar-refractivity contribution in [2.75, 3.05) is 25.3 Å². The van der Waals surface area contributed by atoms with Gasteiger partial charge >= 0.3 is 0 Å². The number of ether oxygens (including phenoxy) is 2. The number of carbonyl (C=O) groups is 2. The smallest absolute Gasteiger partial charge is 0.258 e. The van der Waals surface area contributed by atoms with E-state index in [2.05, 4.69) is 15.3 Å². The first-order chi connectivity index (χ1) is 14.5. The van der Waals surface area contributed by atoms with E-state index < -0.39 is 6.04 Å². The number of anilines is 1. The number of rotatable bonds is 5. The Bertz CT molecular complexity index is 1080. The van der Waals surface area contributed by atoms with Gasteiger partial charge in [0, 0.05) is 11.6 Å². The number of amidine groups is 2. The van der Waals surface area contributed by atoms with E-state index in [1.165, 1.54) is 23.8 Å². The number of hydrogen-bond donors (Lipinski definition) is 1. The average Bonchev–Trinajstić information content (AvgIpc) is 3.06. The average molecular weight is 424 g/mol. The molecule has 2 aliphatic rings. The van der Waals surface area contributed by atoms with Crippen molar-refractivity contribution < 1.29 is 19.1 Å². The normalized spacial score (nSPS) is 17.0. The Balaban J connectivity index is 1.52. The zero-order valence-electron chi connectivity index (χ0n) is 16.7. The van der Waals surface area contributed by atoms with Crippen molar-refractivity contribution >= 4 is 46.0 Å². The highest BCUT2D eigenvalue weighted by molar-refractivity contribution is 8.14. The molecular formula is C21H20N4O4S. The third kappa shape index (κ3) is 3.63. The van der Waals surface area contributed by atoms with E-state index in [0.717, 1.165) is 11.3 Å². The van der Waals surface area contributed by atoms with Crippen LogP contribution in [0, 0.1) is 0 Å². The van der Waals surface area contributed by atoms with Crippen molar-refractivity contribution in [3.8, 4) is 11.5 Å². The molecule has 154 valence electrons. The van der Waals surface area contributed by atoms with Crippen LogP contribution in [-0.2, 0) is 9.59 Å². The van der Waals surface area contributed by atoms with Gasteiger partial charge in [0.2, 0.25) is 5.91 Å². The molecule has 0 saturated heterocycles. The topological polar surface area (TPSA) is 92.6 Å². The molecule has 4 rings (SSSR count). The Labute approximate surface area is 178 Å². The molecule has 2 aliphatic heterocycles. The second-order valence-corrected chi connectivity index (χ2v) is 7.56. The molecule has 2 aromatic rings. The van der Waals surface area contributed by atoms with E-state index in [1.807, 2.05) is 24.3 Å². The minimum Gasteiger partial charge on any atom is -0.497 e. The van der Waals surface area contributed by atoms with Gasteiger partial charge in [-0.1, -0.05) is 23.9 Å². The quantitative estimate of drug-likeness (QED) is 0.796. The SMILES string of the molecule is COc1ccc(OC)c(NC(=O)CSC2=Nc3ccccc3C3=N[C@H](C)C(=O)N23)c1. The van der Waals surface area contributed by atoms with Gasteiger partial charge < -0.3 is 14.8 Å². The predicted molar refractivity (Wildman–Crippen MR) is 117 cm³/mol. The molecule has 2 aromatic carbocycles. The number of benzene rings is 2. The lowest BCUT2D eigenvalue weighted by molar-refractivity contribution is -0.124. The van der Waals surface area contributed by atoms with Gasteiger partial charge in [-0.3, -0.25) is 14.6 Å². The number of aliphatic imine (C=N–C) groups is 2. The number of amides is 2. The Morgan fingerprint density at radius 2 is 2.00 bits per heavy atom. The zero-order chi connectivity index (χ0) is 21.3. The molecule has 0 aromatic heterocycles. The summed E-state index contributed by atoms with van der Waals surface area (Å²) in [7, 11) is 3.08. The van der Waals surface area contributed by atoms with Crippen molar-refractivity contribution in [3.05, 3.63) is 48.0 Å². The third-order valence-corrected chi connectivity index (χ3v) is 5.61. The first-order valence-electron chi connectivity index (χ1n) is 9.26. The maximum atomic E-state index is 12.6. The van der Waals surface area contributed by atoms with E-state index in [4.69, 9.17) is 9.47 Å². The van der Waals surface area contributed by atoms with Gasteiger partial charge in [-0.15, -0.1) is 0 Å². The van der Waals surface area contributed by atoms with Crippen LogP contribution in [-0.4, -0.2) is 53.7 Å². The number of thioether (sulfide) groups is 1. The van der Waals surface area contributed by atoms with Crippen molar-refractivity contribution in [1.29, 1.82) is 0 Å². The summed E-state index contributed by atoms with van der Waals surface area (Å²) in [4.78, 5) is 35.8. The molecule has 30 heavy (non-hydrogen) atoms. The van der Waals surface area contributed by atoms with E-state index >= 15 is 0 Å². The zero-order valence-corrected chi connectivity index (χ0v) is 17.5. The molecule has 0 saturated carbocycles. The molecule has 1 N–H and O–H groups in total. The monoisotopic (exact) mass is 424 g/mol. The van der Waals surface area contributed by atoms with Crippen LogP contribution in [0.25, 0.3) is 0 Å². The second kappa shape index (κ2) is 8.19. The maximum Gasteiger partial charge on any atom is 0.258 e. The Morgan fingerprint density at radius 1 is 1.20 bits per heavy atom. The number of methoxy groups -OCH3 is 2. The van der Waals surface area contributed by atoms with Gasteiger partial charge in [0.05, 0.1) is 31.3 Å². The summed E-state index contributed by atoms with van der Waals surface area (Å²) >= 11 is 1.18. The minimum atomic E-state index is -0.480. The minimum absolute atomic E-state index is 0.0623. The number of nitrogens with one attached hydrogen (secondary N) is 1. The Hall–Kier alpha value is -3.33. The Kier molecular flexibility index (Phi) is 5.45. The van der Waals surface area contributed by atoms with Crippen LogP contribution in [0.3, 0.4) is 0 Å². The lowest BCUT2D eigenvalue weighted by atomic mass is 10.1. The Morgan fingerprint density at radius 3 is 2.77 bits per heavy atom. The standard InChI is InChI=1S/C21H20N4O4S/c1-12-20(27)25-19(22-12)14-6-4-5-7-15(14)24-21(25)30-11-18(26)23-16-10-13(28-2)8-9-17(16)29-3/h4-10,12H,11H2,1-3H3,(H,23,26)/t12-/m1/s1. The van der Waals surface area contributed by atoms with Crippen molar-refractivity contribution in [1.82, 2.24) is 4.90 Å². The molecule has 0 unspecified atom stereocenters. The molecular weight excluding hydrogens is 404 g/mol. The van der Waals surface area contributed by atoms with E-state index in [-0.39, 0.29) is 17.6 Å². The van der Waals surface area contributed by atoms with E-state index in [0.29, 0.717) is 28.2 Å². The molecule has 0 bridgehead atoms. The van der Waals surface area contributed by atoms with Gasteiger partial charge in [-0.2, -0.15) is 0 Å². The van der Waals surface area contributed by atoms with Crippen LogP contribution in [0.5, 0.6) is 11.5 Å². The summed E-state index contributed by atoms with van der Waals surface area (Å²) in [5.41, 5.74) is 2.04. The first-order valence-corrected chi connectivity index (χ1v) is 10.2. The van der Waals surface area contributed by atoms with Gasteiger partial charge in [-0.25, -0.2) is 9.89 Å². The maximum absolute atomic E-state index is 12.6. The van der Waals surface area contributed by atoms with Crippen LogP contribution in [0.15, 0.2) is 52.4 Å². The van der Waals surface area contributed by atoms with Crippen molar-refractivity contribution in [3.63, 3.8) is 0 Å². The molecule has 0 spiro atoms. The second-order valence-electron chi connectivity index (χ2n) is 6.62. The van der Waals surface area contributed by atoms with Crippen LogP contribution >= 0.6 is 11.8 Å². The van der Waals surface area contributed by atoms with Gasteiger partial charge in [0.25, 0.3) is 5.91 Å². The third-order valence-electron chi connectivity index (χ3n) is 4.67. The number of carbonyl (C=O) groups excluding carboxylic acids is 2. The lowest BCUT2D eigenvalue weighted by Crippen LogP contribution is -2.41. The van der Waals surface area contributed by atoms with Crippen LogP contribution in [0.2, 0.25) is 0 Å². The lowest BCUT2D eigenvalue weighted by Gasteiger charge is -2.25. The molecule has 2 heterocycles. The number of fused-ring (bicyclic) bond motifs is 3. The summed E-state index contributed by atoms with van der Waals surface area (Å²) < 4.78 is 10.5. The summed E-state index contributed by atoms with van der Waals surface area (Å²) in [6.45, 7) is 1.75. The van der Waals surface area contributed by atoms with Crippen molar-refractivity contribution in [2.45, 2.75) is 13.0 Å². The summed E-state index contributed by atoms with van der Waals surface area (Å²) in [5.74, 6) is 1.36. The fourth-order valence-electron chi connectivity index (χ4n) is 3.20.